The molecule has 0 aliphatic heterocycles. The first-order chi connectivity index (χ1) is 4.85. The summed E-state index contributed by atoms with van der Waals surface area (Å²) in [6.45, 7) is 0.674. The molecule has 0 unspecified atom stereocenters. The summed E-state index contributed by atoms with van der Waals surface area (Å²) in [6.07, 6.45) is 3.47. The highest BCUT2D eigenvalue weighted by Gasteiger charge is 2.02. The van der Waals surface area contributed by atoms with Crippen LogP contribution in [-0.2, 0) is 4.79 Å². The third-order valence-corrected chi connectivity index (χ3v) is 1.55. The number of carbonyl (C=O) groups excluding carboxylic acids is 1. The number of nitrogens with two attached hydrogens (primary N) is 1. The lowest BCUT2D eigenvalue weighted by Crippen LogP contribution is -2.22. The van der Waals surface area contributed by atoms with Crippen LogP contribution in [0.1, 0.15) is 19.3 Å². The molecule has 60 valence electrons. The van der Waals surface area contributed by atoms with Gasteiger partial charge in [-0.15, -0.1) is 0 Å². The molecule has 0 bridgehead atoms. The van der Waals surface area contributed by atoms with Crippen LogP contribution in [0, 0.1) is 0 Å². The van der Waals surface area contributed by atoms with Crippen LogP contribution in [0.2, 0.25) is 0 Å². The van der Waals surface area contributed by atoms with Crippen molar-refractivity contribution in [2.24, 2.45) is 5.73 Å². The van der Waals surface area contributed by atoms with E-state index >= 15 is 0 Å². The van der Waals surface area contributed by atoms with E-state index in [1.165, 1.54) is 0 Å². The molecule has 0 aliphatic rings. The first kappa shape index (κ1) is 9.88. The van der Waals surface area contributed by atoms with Crippen molar-refractivity contribution in [1.82, 2.24) is 4.84 Å². The molecular weight excluding hydrogens is 152 g/mol. The molecule has 3 nitrogen and oxygen atoms in total. The lowest BCUT2D eigenvalue weighted by molar-refractivity contribution is -0.109. The highest BCUT2D eigenvalue weighted by atomic mass is 35.5. The van der Waals surface area contributed by atoms with E-state index in [0.717, 1.165) is 25.5 Å². The number of unbranched alkanes of at least 4 members (excludes halogenated alkanes) is 1. The maximum Gasteiger partial charge on any atom is 0.138 e. The van der Waals surface area contributed by atoms with Gasteiger partial charge in [0.1, 0.15) is 6.29 Å². The van der Waals surface area contributed by atoms with Crippen LogP contribution in [-0.4, -0.2) is 18.9 Å². The predicted molar refractivity (Wildman–Crippen MR) is 41.7 cm³/mol. The number of halogens is 1. The summed E-state index contributed by atoms with van der Waals surface area (Å²) in [5.74, 6) is 0. The smallest absolute Gasteiger partial charge is 0.138 e. The first-order valence-electron chi connectivity index (χ1n) is 3.36. The predicted octanol–water partition coefficient (Wildman–Crippen LogP) is 0.426. The van der Waals surface area contributed by atoms with Crippen LogP contribution in [0.15, 0.2) is 0 Å². The topological polar surface area (TPSA) is 55.1 Å². The molecule has 0 aliphatic carbocycles. The van der Waals surface area contributed by atoms with Crippen molar-refractivity contribution in [3.05, 3.63) is 0 Å². The Kier molecular flexibility index (Phi) is 6.91. The minimum Gasteiger partial charge on any atom is -0.330 e. The molecule has 0 aromatic carbocycles. The molecule has 0 spiro atoms. The van der Waals surface area contributed by atoms with Gasteiger partial charge in [-0.25, -0.2) is 4.84 Å². The number of nitrogens with one attached hydrogen (secondary N) is 1. The normalized spacial score (nSPS) is 13.0. The van der Waals surface area contributed by atoms with Gasteiger partial charge < -0.3 is 10.5 Å². The maximum atomic E-state index is 10.2. The molecule has 0 rings (SSSR count). The van der Waals surface area contributed by atoms with E-state index in [0.29, 0.717) is 6.54 Å². The zero-order chi connectivity index (χ0) is 7.82. The summed E-state index contributed by atoms with van der Waals surface area (Å²) in [5, 5.41) is 0. The third-order valence-electron chi connectivity index (χ3n) is 1.27. The van der Waals surface area contributed by atoms with Crippen molar-refractivity contribution in [1.29, 1.82) is 0 Å². The number of hydrogen-bond donors (Lipinski definition) is 2. The number of carbonyl (C=O) groups is 1. The molecule has 0 aromatic heterocycles. The molecule has 0 saturated heterocycles. The molecule has 0 fully saturated rings. The molecule has 3 N–H and O–H groups in total. The Balaban J connectivity index is 3.17. The Morgan fingerprint density at radius 1 is 1.60 bits per heavy atom. The Bertz CT molecular complexity index is 89.8. The van der Waals surface area contributed by atoms with E-state index in [-0.39, 0.29) is 6.04 Å². The van der Waals surface area contributed by atoms with Gasteiger partial charge in [0, 0.05) is 0 Å². The highest BCUT2D eigenvalue weighted by Crippen LogP contribution is 1.97. The average Bonchev–Trinajstić information content (AvgIpc) is 1.99. The summed E-state index contributed by atoms with van der Waals surface area (Å²) in [7, 11) is 0. The average molecular weight is 165 g/mol. The van der Waals surface area contributed by atoms with Crippen molar-refractivity contribution < 1.29 is 4.79 Å². The van der Waals surface area contributed by atoms with Gasteiger partial charge in [0.15, 0.2) is 0 Å². The second-order valence-electron chi connectivity index (χ2n) is 2.14. The standard InChI is InChI=1S/C6H13ClN2O/c7-9-6(5-10)3-1-2-4-8/h5-6,9H,1-4,8H2/t6-/m0/s1. The summed E-state index contributed by atoms with van der Waals surface area (Å²) in [5.41, 5.74) is 5.26. The second-order valence-corrected chi connectivity index (χ2v) is 2.35. The molecule has 1 atom stereocenters. The van der Waals surface area contributed by atoms with Crippen molar-refractivity contribution >= 4 is 18.1 Å². The minimum atomic E-state index is -0.215. The van der Waals surface area contributed by atoms with Crippen LogP contribution in [0.3, 0.4) is 0 Å². The van der Waals surface area contributed by atoms with Gasteiger partial charge in [-0.1, -0.05) is 6.42 Å². The van der Waals surface area contributed by atoms with Crippen LogP contribution in [0.4, 0.5) is 0 Å². The molecule has 0 heterocycles. The molecule has 0 radical (unpaired) electrons. The van der Waals surface area contributed by atoms with Crippen LogP contribution < -0.4 is 10.6 Å². The van der Waals surface area contributed by atoms with E-state index in [9.17, 15) is 4.79 Å². The van der Waals surface area contributed by atoms with Gasteiger partial charge in [0.05, 0.1) is 6.04 Å². The first-order valence-corrected chi connectivity index (χ1v) is 3.74. The van der Waals surface area contributed by atoms with Crippen LogP contribution >= 0.6 is 11.8 Å². The fraction of sp³-hybridized carbons (Fsp3) is 0.833. The minimum absolute atomic E-state index is 0.215. The van der Waals surface area contributed by atoms with E-state index in [2.05, 4.69) is 4.84 Å². The van der Waals surface area contributed by atoms with E-state index in [1.807, 2.05) is 0 Å². The zero-order valence-corrected chi connectivity index (χ0v) is 6.60. The summed E-state index contributed by atoms with van der Waals surface area (Å²) >= 11 is 5.23. The van der Waals surface area contributed by atoms with Crippen LogP contribution in [0.5, 0.6) is 0 Å². The van der Waals surface area contributed by atoms with E-state index < -0.39 is 0 Å². The van der Waals surface area contributed by atoms with Gasteiger partial charge in [-0.3, -0.25) is 0 Å². The monoisotopic (exact) mass is 164 g/mol. The van der Waals surface area contributed by atoms with E-state index in [4.69, 9.17) is 17.5 Å². The van der Waals surface area contributed by atoms with Gasteiger partial charge in [-0.05, 0) is 31.2 Å². The highest BCUT2D eigenvalue weighted by molar-refractivity contribution is 6.14. The molecule has 4 heteroatoms. The number of rotatable bonds is 6. The fourth-order valence-corrected chi connectivity index (χ4v) is 0.817. The lowest BCUT2D eigenvalue weighted by atomic mass is 10.1. The fourth-order valence-electron chi connectivity index (χ4n) is 0.657. The Morgan fingerprint density at radius 3 is 2.70 bits per heavy atom. The Labute approximate surface area is 66.0 Å². The summed E-state index contributed by atoms with van der Waals surface area (Å²) in [4.78, 5) is 12.5. The number of aldehydes is 1. The molecule has 0 amide bonds. The molecule has 10 heavy (non-hydrogen) atoms. The second kappa shape index (κ2) is 6.99. The summed E-state index contributed by atoms with van der Waals surface area (Å²) < 4.78 is 0. The molecular formula is C6H13ClN2O. The lowest BCUT2D eigenvalue weighted by Gasteiger charge is -2.04. The zero-order valence-electron chi connectivity index (χ0n) is 5.85. The number of hydrogen-bond acceptors (Lipinski definition) is 3. The summed E-state index contributed by atoms with van der Waals surface area (Å²) in [6, 6.07) is -0.215. The molecule has 0 saturated carbocycles. The third kappa shape index (κ3) is 4.73. The Morgan fingerprint density at radius 2 is 2.30 bits per heavy atom. The van der Waals surface area contributed by atoms with Gasteiger partial charge in [0.2, 0.25) is 0 Å². The molecule has 0 aromatic rings. The van der Waals surface area contributed by atoms with Crippen molar-refractivity contribution in [2.45, 2.75) is 25.3 Å². The van der Waals surface area contributed by atoms with Gasteiger partial charge in [-0.2, -0.15) is 0 Å². The van der Waals surface area contributed by atoms with Crippen molar-refractivity contribution in [3.63, 3.8) is 0 Å². The largest absolute Gasteiger partial charge is 0.330 e. The van der Waals surface area contributed by atoms with Crippen molar-refractivity contribution in [3.8, 4) is 0 Å². The van der Waals surface area contributed by atoms with Gasteiger partial charge in [0.25, 0.3) is 0 Å². The van der Waals surface area contributed by atoms with Gasteiger partial charge >= 0.3 is 0 Å². The van der Waals surface area contributed by atoms with E-state index in [1.54, 1.807) is 0 Å². The Hall–Kier alpha value is -0.120. The SMILES string of the molecule is NCCCC[C@@H](C=O)NCl. The quantitative estimate of drug-likeness (QED) is 0.340. The maximum absolute atomic E-state index is 10.2. The van der Waals surface area contributed by atoms with Crippen LogP contribution in [0.25, 0.3) is 0 Å². The van der Waals surface area contributed by atoms with Crippen molar-refractivity contribution in [2.75, 3.05) is 6.54 Å².